The molecule has 24 heavy (non-hydrogen) atoms. The predicted molar refractivity (Wildman–Crippen MR) is 98.1 cm³/mol. The topological polar surface area (TPSA) is 47.0 Å². The standard InChI is InChI=1S/C19H31N3O2/c1-15-6-5-7-18(14-23)22(15)13-19(24)21(4)12-16-8-10-17(11-9-16)20(2)3/h8-11,15,18,23H,5-7,12-14H2,1-4H3. The summed E-state index contributed by atoms with van der Waals surface area (Å²) in [4.78, 5) is 18.6. The normalized spacial score (nSPS) is 21.5. The van der Waals surface area contributed by atoms with E-state index < -0.39 is 0 Å². The molecule has 0 aromatic heterocycles. The first-order valence-electron chi connectivity index (χ1n) is 8.79. The Labute approximate surface area is 145 Å². The summed E-state index contributed by atoms with van der Waals surface area (Å²) in [5.74, 6) is 0.110. The molecule has 1 aliphatic rings. The number of likely N-dealkylation sites (tertiary alicyclic amines) is 1. The maximum Gasteiger partial charge on any atom is 0.236 e. The van der Waals surface area contributed by atoms with Gasteiger partial charge in [-0.2, -0.15) is 0 Å². The summed E-state index contributed by atoms with van der Waals surface area (Å²) in [6.07, 6.45) is 3.20. The number of rotatable bonds is 6. The molecular formula is C19H31N3O2. The van der Waals surface area contributed by atoms with Gasteiger partial charge in [-0.05, 0) is 37.5 Å². The van der Waals surface area contributed by atoms with Crippen LogP contribution in [0, 0.1) is 0 Å². The Morgan fingerprint density at radius 2 is 1.88 bits per heavy atom. The number of nitrogens with zero attached hydrogens (tertiary/aromatic N) is 3. The highest BCUT2D eigenvalue weighted by atomic mass is 16.3. The molecule has 5 heteroatoms. The number of hydrogen-bond acceptors (Lipinski definition) is 4. The number of aliphatic hydroxyl groups excluding tert-OH is 1. The van der Waals surface area contributed by atoms with Crippen LogP contribution in [0.25, 0.3) is 0 Å². The van der Waals surface area contributed by atoms with Gasteiger partial charge < -0.3 is 14.9 Å². The maximum absolute atomic E-state index is 12.6. The van der Waals surface area contributed by atoms with Crippen LogP contribution in [0.3, 0.4) is 0 Å². The van der Waals surface area contributed by atoms with Crippen LogP contribution in [-0.4, -0.2) is 67.2 Å². The fraction of sp³-hybridized carbons (Fsp3) is 0.632. The molecule has 5 nitrogen and oxygen atoms in total. The molecule has 2 unspecified atom stereocenters. The van der Waals surface area contributed by atoms with Crippen molar-refractivity contribution in [2.75, 3.05) is 39.2 Å². The van der Waals surface area contributed by atoms with Crippen molar-refractivity contribution in [1.29, 1.82) is 0 Å². The molecule has 0 saturated carbocycles. The van der Waals surface area contributed by atoms with Crippen LogP contribution in [0.2, 0.25) is 0 Å². The zero-order valence-corrected chi connectivity index (χ0v) is 15.4. The molecular weight excluding hydrogens is 302 g/mol. The molecule has 1 aromatic carbocycles. The molecule has 0 bridgehead atoms. The van der Waals surface area contributed by atoms with E-state index in [2.05, 4.69) is 41.0 Å². The van der Waals surface area contributed by atoms with Gasteiger partial charge in [0.15, 0.2) is 0 Å². The molecule has 2 rings (SSSR count). The SMILES string of the molecule is CC1CCCC(CO)N1CC(=O)N(C)Cc1ccc(N(C)C)cc1. The van der Waals surface area contributed by atoms with Crippen molar-refractivity contribution in [3.63, 3.8) is 0 Å². The van der Waals surface area contributed by atoms with Gasteiger partial charge in [-0.3, -0.25) is 9.69 Å². The van der Waals surface area contributed by atoms with Crippen LogP contribution in [0.5, 0.6) is 0 Å². The smallest absolute Gasteiger partial charge is 0.236 e. The Morgan fingerprint density at radius 1 is 1.21 bits per heavy atom. The number of aliphatic hydroxyl groups is 1. The number of anilines is 1. The van der Waals surface area contributed by atoms with E-state index in [9.17, 15) is 9.90 Å². The number of piperidine rings is 1. The quantitative estimate of drug-likeness (QED) is 0.864. The first-order valence-corrected chi connectivity index (χ1v) is 8.79. The van der Waals surface area contributed by atoms with E-state index >= 15 is 0 Å². The van der Waals surface area contributed by atoms with Crippen LogP contribution in [0.1, 0.15) is 31.7 Å². The average molecular weight is 333 g/mol. The zero-order chi connectivity index (χ0) is 17.7. The van der Waals surface area contributed by atoms with Crippen molar-refractivity contribution < 1.29 is 9.90 Å². The maximum atomic E-state index is 12.6. The summed E-state index contributed by atoms with van der Waals surface area (Å²) >= 11 is 0. The third-order valence-electron chi connectivity index (χ3n) is 5.02. The highest BCUT2D eigenvalue weighted by molar-refractivity contribution is 5.78. The van der Waals surface area contributed by atoms with E-state index in [0.717, 1.165) is 30.5 Å². The number of carbonyl (C=O) groups excluding carboxylic acids is 1. The number of carbonyl (C=O) groups is 1. The fourth-order valence-electron chi connectivity index (χ4n) is 3.36. The second-order valence-corrected chi connectivity index (χ2v) is 7.10. The van der Waals surface area contributed by atoms with Gasteiger partial charge in [0.25, 0.3) is 0 Å². The molecule has 1 N–H and O–H groups in total. The van der Waals surface area contributed by atoms with Gasteiger partial charge in [0.2, 0.25) is 5.91 Å². The Balaban J connectivity index is 1.93. The first kappa shape index (κ1) is 18.7. The largest absolute Gasteiger partial charge is 0.395 e. The lowest BCUT2D eigenvalue weighted by Crippen LogP contribution is -2.51. The monoisotopic (exact) mass is 333 g/mol. The predicted octanol–water partition coefficient (Wildman–Crippen LogP) is 1.95. The third-order valence-corrected chi connectivity index (χ3v) is 5.02. The molecule has 2 atom stereocenters. The molecule has 134 valence electrons. The van der Waals surface area contributed by atoms with Gasteiger partial charge >= 0.3 is 0 Å². The first-order chi connectivity index (χ1) is 11.4. The number of benzene rings is 1. The average Bonchev–Trinajstić information content (AvgIpc) is 2.57. The fourth-order valence-corrected chi connectivity index (χ4v) is 3.36. The summed E-state index contributed by atoms with van der Waals surface area (Å²) in [7, 11) is 5.88. The van der Waals surface area contributed by atoms with Crippen molar-refractivity contribution in [2.45, 2.75) is 44.8 Å². The van der Waals surface area contributed by atoms with Crippen LogP contribution in [0.4, 0.5) is 5.69 Å². The van der Waals surface area contributed by atoms with Crippen molar-refractivity contribution in [3.8, 4) is 0 Å². The number of hydrogen-bond donors (Lipinski definition) is 1. The molecule has 0 aliphatic carbocycles. The van der Waals surface area contributed by atoms with Gasteiger partial charge in [-0.15, -0.1) is 0 Å². The summed E-state index contributed by atoms with van der Waals surface area (Å²) in [5.41, 5.74) is 2.28. The lowest BCUT2D eigenvalue weighted by atomic mass is 9.97. The molecule has 1 fully saturated rings. The second kappa shape index (κ2) is 8.49. The Bertz CT molecular complexity index is 530. The van der Waals surface area contributed by atoms with Crippen molar-refractivity contribution in [1.82, 2.24) is 9.80 Å². The molecule has 1 heterocycles. The molecule has 1 aliphatic heterocycles. The highest BCUT2D eigenvalue weighted by Gasteiger charge is 2.29. The third kappa shape index (κ3) is 4.71. The minimum Gasteiger partial charge on any atom is -0.395 e. The van der Waals surface area contributed by atoms with E-state index in [1.165, 1.54) is 0 Å². The second-order valence-electron chi connectivity index (χ2n) is 7.10. The number of likely N-dealkylation sites (N-methyl/N-ethyl adjacent to an activating group) is 1. The van der Waals surface area contributed by atoms with Gasteiger partial charge in [0, 0.05) is 45.5 Å². The molecule has 0 spiro atoms. The van der Waals surface area contributed by atoms with Crippen LogP contribution in [-0.2, 0) is 11.3 Å². The van der Waals surface area contributed by atoms with Gasteiger partial charge in [-0.1, -0.05) is 18.6 Å². The van der Waals surface area contributed by atoms with Crippen LogP contribution >= 0.6 is 0 Å². The molecule has 1 amide bonds. The van der Waals surface area contributed by atoms with Gasteiger partial charge in [0.05, 0.1) is 13.2 Å². The van der Waals surface area contributed by atoms with Crippen molar-refractivity contribution in [3.05, 3.63) is 29.8 Å². The van der Waals surface area contributed by atoms with E-state index in [0.29, 0.717) is 19.1 Å². The lowest BCUT2D eigenvalue weighted by Gasteiger charge is -2.40. The Hall–Kier alpha value is -1.59. The van der Waals surface area contributed by atoms with Gasteiger partial charge in [-0.25, -0.2) is 0 Å². The van der Waals surface area contributed by atoms with Crippen LogP contribution < -0.4 is 4.90 Å². The zero-order valence-electron chi connectivity index (χ0n) is 15.4. The van der Waals surface area contributed by atoms with E-state index in [1.807, 2.05) is 21.1 Å². The van der Waals surface area contributed by atoms with E-state index in [-0.39, 0.29) is 18.6 Å². The molecule has 1 saturated heterocycles. The minimum absolute atomic E-state index is 0.110. The minimum atomic E-state index is 0.110. The molecule has 0 radical (unpaired) electrons. The summed E-state index contributed by atoms with van der Waals surface area (Å²) in [6, 6.07) is 8.75. The summed E-state index contributed by atoms with van der Waals surface area (Å²) < 4.78 is 0. The van der Waals surface area contributed by atoms with E-state index in [4.69, 9.17) is 0 Å². The van der Waals surface area contributed by atoms with Crippen molar-refractivity contribution in [2.24, 2.45) is 0 Å². The van der Waals surface area contributed by atoms with Crippen LogP contribution in [0.15, 0.2) is 24.3 Å². The Kier molecular flexibility index (Phi) is 6.63. The lowest BCUT2D eigenvalue weighted by molar-refractivity contribution is -0.133. The highest BCUT2D eigenvalue weighted by Crippen LogP contribution is 2.22. The number of amides is 1. The summed E-state index contributed by atoms with van der Waals surface area (Å²) in [5, 5.41) is 9.57. The van der Waals surface area contributed by atoms with Gasteiger partial charge in [0.1, 0.15) is 0 Å². The van der Waals surface area contributed by atoms with E-state index in [1.54, 1.807) is 4.90 Å². The Morgan fingerprint density at radius 3 is 2.46 bits per heavy atom. The van der Waals surface area contributed by atoms with Crippen molar-refractivity contribution >= 4 is 11.6 Å². The molecule has 1 aromatic rings. The summed E-state index contributed by atoms with van der Waals surface area (Å²) in [6.45, 7) is 3.28.